The SMILES string of the molecule is CC(C)CCCCCC1=CP=C1CCCCCC(C)C. The first-order chi connectivity index (χ1) is 9.59. The van der Waals surface area contributed by atoms with Gasteiger partial charge < -0.3 is 0 Å². The van der Waals surface area contributed by atoms with Gasteiger partial charge in [-0.25, -0.2) is 0 Å². The van der Waals surface area contributed by atoms with Crippen molar-refractivity contribution in [3.05, 3.63) is 11.4 Å². The van der Waals surface area contributed by atoms with Gasteiger partial charge in [-0.05, 0) is 54.2 Å². The molecular weight excluding hydrogens is 259 g/mol. The summed E-state index contributed by atoms with van der Waals surface area (Å²) in [5.74, 6) is 4.21. The van der Waals surface area contributed by atoms with Crippen LogP contribution in [0, 0.1) is 11.8 Å². The van der Waals surface area contributed by atoms with Gasteiger partial charge in [0.1, 0.15) is 0 Å². The van der Waals surface area contributed by atoms with Gasteiger partial charge in [0.15, 0.2) is 0 Å². The van der Waals surface area contributed by atoms with Crippen molar-refractivity contribution in [3.8, 4) is 0 Å². The largest absolute Gasteiger partial charge is 0.0723 e. The molecule has 0 nitrogen and oxygen atoms in total. The predicted octanol–water partition coefficient (Wildman–Crippen LogP) is 7.22. The molecule has 0 aromatic rings. The molecule has 0 bridgehead atoms. The Kier molecular flexibility index (Phi) is 9.53. The normalized spacial score (nSPS) is 15.3. The summed E-state index contributed by atoms with van der Waals surface area (Å²) in [7, 11) is 1.53. The van der Waals surface area contributed by atoms with Gasteiger partial charge in [0.05, 0.1) is 0 Å². The van der Waals surface area contributed by atoms with Gasteiger partial charge in [-0.15, -0.1) is 0 Å². The van der Waals surface area contributed by atoms with Crippen molar-refractivity contribution in [2.75, 3.05) is 0 Å². The molecule has 0 spiro atoms. The van der Waals surface area contributed by atoms with Crippen LogP contribution < -0.4 is 0 Å². The van der Waals surface area contributed by atoms with Crippen LogP contribution in [0.25, 0.3) is 0 Å². The minimum Gasteiger partial charge on any atom is -0.0723 e. The number of allylic oxidation sites excluding steroid dienone is 1. The van der Waals surface area contributed by atoms with Gasteiger partial charge in [-0.3, -0.25) is 0 Å². The molecule has 1 heteroatoms. The fraction of sp³-hybridized carbons (Fsp3) is 0.842. The molecule has 1 aliphatic rings. The van der Waals surface area contributed by atoms with Gasteiger partial charge >= 0.3 is 0 Å². The van der Waals surface area contributed by atoms with E-state index in [4.69, 9.17) is 0 Å². The van der Waals surface area contributed by atoms with Crippen LogP contribution in [0.5, 0.6) is 0 Å². The lowest BCUT2D eigenvalue weighted by atomic mass is 9.98. The topological polar surface area (TPSA) is 0 Å². The predicted molar refractivity (Wildman–Crippen MR) is 95.9 cm³/mol. The molecular formula is C19H35P. The molecule has 0 unspecified atom stereocenters. The Hall–Kier alpha value is -0.0900. The van der Waals surface area contributed by atoms with Crippen molar-refractivity contribution in [1.82, 2.24) is 0 Å². The van der Waals surface area contributed by atoms with Crippen molar-refractivity contribution >= 4 is 13.5 Å². The zero-order valence-corrected chi connectivity index (χ0v) is 15.1. The van der Waals surface area contributed by atoms with Crippen LogP contribution in [0.4, 0.5) is 0 Å². The van der Waals surface area contributed by atoms with Crippen LogP contribution in [0.15, 0.2) is 11.4 Å². The van der Waals surface area contributed by atoms with Crippen LogP contribution in [0.2, 0.25) is 0 Å². The molecule has 0 aromatic heterocycles. The molecule has 0 fully saturated rings. The average molecular weight is 294 g/mol. The molecule has 0 aliphatic carbocycles. The quantitative estimate of drug-likeness (QED) is 0.263. The number of hydrogen-bond donors (Lipinski definition) is 0. The zero-order valence-electron chi connectivity index (χ0n) is 14.3. The second-order valence-electron chi connectivity index (χ2n) is 7.22. The maximum Gasteiger partial charge on any atom is -0.0171 e. The third-order valence-corrected chi connectivity index (χ3v) is 5.43. The van der Waals surface area contributed by atoms with Crippen molar-refractivity contribution in [2.24, 2.45) is 11.8 Å². The number of hydrogen-bond acceptors (Lipinski definition) is 0. The Balaban J connectivity index is 1.95. The van der Waals surface area contributed by atoms with Crippen molar-refractivity contribution in [3.63, 3.8) is 0 Å². The van der Waals surface area contributed by atoms with Gasteiger partial charge in [0.2, 0.25) is 0 Å². The maximum absolute atomic E-state index is 2.45. The summed E-state index contributed by atoms with van der Waals surface area (Å²) in [4.78, 5) is 0. The Labute approximate surface area is 129 Å². The summed E-state index contributed by atoms with van der Waals surface area (Å²) in [6, 6.07) is 0. The van der Waals surface area contributed by atoms with E-state index in [-0.39, 0.29) is 0 Å². The lowest BCUT2D eigenvalue weighted by Gasteiger charge is -2.17. The van der Waals surface area contributed by atoms with E-state index in [2.05, 4.69) is 33.5 Å². The van der Waals surface area contributed by atoms with Gasteiger partial charge in [0, 0.05) is 0 Å². The summed E-state index contributed by atoms with van der Waals surface area (Å²) < 4.78 is 0. The Morgan fingerprint density at radius 3 is 1.75 bits per heavy atom. The van der Waals surface area contributed by atoms with E-state index >= 15 is 0 Å². The molecule has 0 atom stereocenters. The van der Waals surface area contributed by atoms with Gasteiger partial charge in [-0.1, -0.05) is 74.4 Å². The van der Waals surface area contributed by atoms with E-state index in [9.17, 15) is 0 Å². The molecule has 1 aliphatic heterocycles. The van der Waals surface area contributed by atoms with Gasteiger partial charge in [0.25, 0.3) is 0 Å². The minimum atomic E-state index is 0.879. The van der Waals surface area contributed by atoms with Crippen molar-refractivity contribution in [2.45, 2.75) is 91.9 Å². The van der Waals surface area contributed by atoms with E-state index in [0.717, 1.165) is 11.8 Å². The highest BCUT2D eigenvalue weighted by atomic mass is 31.1. The van der Waals surface area contributed by atoms with Crippen molar-refractivity contribution in [1.29, 1.82) is 0 Å². The van der Waals surface area contributed by atoms with E-state index in [1.54, 1.807) is 10.9 Å². The first-order valence-corrected chi connectivity index (χ1v) is 9.82. The third-order valence-electron chi connectivity index (χ3n) is 4.17. The monoisotopic (exact) mass is 294 g/mol. The lowest BCUT2D eigenvalue weighted by molar-refractivity contribution is 0.527. The van der Waals surface area contributed by atoms with Crippen molar-refractivity contribution < 1.29 is 0 Å². The number of rotatable bonds is 12. The summed E-state index contributed by atoms with van der Waals surface area (Å²) in [5, 5.41) is 1.76. The smallest absolute Gasteiger partial charge is 0.0171 e. The summed E-state index contributed by atoms with van der Waals surface area (Å²) >= 11 is 0. The van der Waals surface area contributed by atoms with Crippen LogP contribution in [-0.2, 0) is 0 Å². The molecule has 116 valence electrons. The Morgan fingerprint density at radius 2 is 1.30 bits per heavy atom. The third kappa shape index (κ3) is 8.25. The highest BCUT2D eigenvalue weighted by molar-refractivity contribution is 7.47. The second kappa shape index (κ2) is 10.6. The van der Waals surface area contributed by atoms with Crippen LogP contribution in [-0.4, -0.2) is 5.29 Å². The van der Waals surface area contributed by atoms with E-state index in [1.807, 2.05) is 0 Å². The molecule has 20 heavy (non-hydrogen) atoms. The summed E-state index contributed by atoms with van der Waals surface area (Å²) in [5.41, 5.74) is 1.71. The fourth-order valence-electron chi connectivity index (χ4n) is 2.75. The lowest BCUT2D eigenvalue weighted by Crippen LogP contribution is -2.05. The Morgan fingerprint density at radius 1 is 0.750 bits per heavy atom. The van der Waals surface area contributed by atoms with Crippen LogP contribution in [0.3, 0.4) is 0 Å². The standard InChI is InChI=1S/C19H35P/c1-16(2)11-7-5-9-13-18-15-20-19(18)14-10-6-8-12-17(3)4/h15-17H,5-14H2,1-4H3. The maximum atomic E-state index is 2.45. The fourth-order valence-corrected chi connectivity index (χ4v) is 3.77. The van der Waals surface area contributed by atoms with E-state index in [1.165, 1.54) is 72.4 Å². The number of unbranched alkanes of at least 4 members (excludes halogenated alkanes) is 4. The minimum absolute atomic E-state index is 0.879. The first-order valence-electron chi connectivity index (χ1n) is 8.85. The second-order valence-corrected chi connectivity index (χ2v) is 8.27. The van der Waals surface area contributed by atoms with E-state index < -0.39 is 0 Å². The molecule has 0 radical (unpaired) electrons. The van der Waals surface area contributed by atoms with Gasteiger partial charge in [-0.2, -0.15) is 0 Å². The highest BCUT2D eigenvalue weighted by Crippen LogP contribution is 2.31. The average Bonchev–Trinajstić information content (AvgIpc) is 2.35. The Bertz CT molecular complexity index is 278. The van der Waals surface area contributed by atoms with E-state index in [0.29, 0.717) is 0 Å². The molecule has 1 heterocycles. The summed E-state index contributed by atoms with van der Waals surface area (Å²) in [6.07, 6.45) is 14.1. The van der Waals surface area contributed by atoms with Crippen LogP contribution >= 0.6 is 8.20 Å². The molecule has 0 amide bonds. The molecule has 1 rings (SSSR count). The molecule has 0 aromatic carbocycles. The summed E-state index contributed by atoms with van der Waals surface area (Å²) in [6.45, 7) is 9.33. The zero-order chi connectivity index (χ0) is 14.8. The molecule has 0 saturated carbocycles. The highest BCUT2D eigenvalue weighted by Gasteiger charge is 2.11. The molecule has 0 N–H and O–H groups in total. The first kappa shape index (κ1) is 18.0. The van der Waals surface area contributed by atoms with Crippen LogP contribution in [0.1, 0.15) is 91.9 Å². The molecule has 0 saturated heterocycles.